The van der Waals surface area contributed by atoms with Crippen LogP contribution in [0.5, 0.6) is 5.75 Å². The summed E-state index contributed by atoms with van der Waals surface area (Å²) in [5, 5.41) is 13.3. The predicted molar refractivity (Wildman–Crippen MR) is 84.6 cm³/mol. The van der Waals surface area contributed by atoms with E-state index in [1.807, 2.05) is 6.07 Å². The van der Waals surface area contributed by atoms with E-state index in [4.69, 9.17) is 4.74 Å². The summed E-state index contributed by atoms with van der Waals surface area (Å²) in [6.45, 7) is 1.70. The summed E-state index contributed by atoms with van der Waals surface area (Å²) in [6, 6.07) is 6.16. The summed E-state index contributed by atoms with van der Waals surface area (Å²) in [4.78, 5) is 0. The first-order chi connectivity index (χ1) is 10.3. The molecule has 3 nitrogen and oxygen atoms in total. The van der Waals surface area contributed by atoms with Crippen LogP contribution >= 0.6 is 0 Å². The first-order valence-corrected chi connectivity index (χ1v) is 8.50. The largest absolute Gasteiger partial charge is 0.508 e. The van der Waals surface area contributed by atoms with Crippen molar-refractivity contribution in [3.8, 4) is 5.75 Å². The van der Waals surface area contributed by atoms with Gasteiger partial charge in [0.05, 0.1) is 12.7 Å². The maximum atomic E-state index is 9.70. The molecule has 0 radical (unpaired) electrons. The van der Waals surface area contributed by atoms with E-state index in [2.05, 4.69) is 11.4 Å². The van der Waals surface area contributed by atoms with Crippen molar-refractivity contribution in [2.24, 2.45) is 0 Å². The van der Waals surface area contributed by atoms with Gasteiger partial charge in [0, 0.05) is 12.6 Å². The summed E-state index contributed by atoms with van der Waals surface area (Å²) in [6.07, 6.45) is 10.5. The highest BCUT2D eigenvalue weighted by Crippen LogP contribution is 2.32. The molecule has 2 N–H and O–H groups in total. The van der Waals surface area contributed by atoms with Gasteiger partial charge in [-0.1, -0.05) is 25.3 Å². The van der Waals surface area contributed by atoms with Crippen molar-refractivity contribution in [3.05, 3.63) is 29.3 Å². The van der Waals surface area contributed by atoms with E-state index in [0.29, 0.717) is 17.9 Å². The Kier molecular flexibility index (Phi) is 5.15. The summed E-state index contributed by atoms with van der Waals surface area (Å²) < 4.78 is 5.97. The number of phenols is 1. The third-order valence-electron chi connectivity index (χ3n) is 4.84. The van der Waals surface area contributed by atoms with E-state index in [-0.39, 0.29) is 0 Å². The molecule has 2 aliphatic carbocycles. The Morgan fingerprint density at radius 2 is 1.95 bits per heavy atom. The molecular weight excluding hydrogens is 262 g/mol. The van der Waals surface area contributed by atoms with E-state index < -0.39 is 0 Å². The minimum atomic E-state index is 0.371. The van der Waals surface area contributed by atoms with E-state index in [9.17, 15) is 5.11 Å². The lowest BCUT2D eigenvalue weighted by Gasteiger charge is -2.27. The Morgan fingerprint density at radius 3 is 2.81 bits per heavy atom. The van der Waals surface area contributed by atoms with Crippen LogP contribution in [-0.2, 0) is 11.2 Å². The number of ether oxygens (including phenoxy) is 1. The Hall–Kier alpha value is -1.06. The molecule has 0 amide bonds. The molecule has 1 aromatic carbocycles. The van der Waals surface area contributed by atoms with Crippen LogP contribution in [0.4, 0.5) is 0 Å². The lowest BCUT2D eigenvalue weighted by atomic mass is 9.87. The van der Waals surface area contributed by atoms with Crippen molar-refractivity contribution >= 4 is 0 Å². The lowest BCUT2D eigenvalue weighted by molar-refractivity contribution is 0.0291. The number of benzene rings is 1. The fraction of sp³-hybridized carbons (Fsp3) is 0.667. The second kappa shape index (κ2) is 7.28. The van der Waals surface area contributed by atoms with Crippen molar-refractivity contribution in [1.82, 2.24) is 5.32 Å². The maximum Gasteiger partial charge on any atom is 0.115 e. The van der Waals surface area contributed by atoms with Crippen LogP contribution in [0, 0.1) is 0 Å². The van der Waals surface area contributed by atoms with Crippen LogP contribution in [-0.4, -0.2) is 24.4 Å². The Bertz CT molecular complexity index is 455. The fourth-order valence-corrected chi connectivity index (χ4v) is 3.69. The van der Waals surface area contributed by atoms with Gasteiger partial charge in [-0.05, 0) is 55.4 Å². The smallest absolute Gasteiger partial charge is 0.115 e. The molecule has 0 aromatic heterocycles. The van der Waals surface area contributed by atoms with Gasteiger partial charge in [-0.3, -0.25) is 0 Å². The van der Waals surface area contributed by atoms with Gasteiger partial charge in [-0.2, -0.15) is 0 Å². The van der Waals surface area contributed by atoms with Crippen LogP contribution in [0.25, 0.3) is 0 Å². The number of nitrogens with one attached hydrogen (secondary N) is 1. The second-order valence-electron chi connectivity index (χ2n) is 6.41. The van der Waals surface area contributed by atoms with Gasteiger partial charge in [0.2, 0.25) is 0 Å². The number of phenolic OH excluding ortho intramolecular Hbond substituents is 1. The molecule has 1 saturated carbocycles. The molecule has 0 heterocycles. The van der Waals surface area contributed by atoms with Gasteiger partial charge in [0.25, 0.3) is 0 Å². The molecule has 2 aliphatic rings. The van der Waals surface area contributed by atoms with Gasteiger partial charge >= 0.3 is 0 Å². The topological polar surface area (TPSA) is 41.5 Å². The number of rotatable bonds is 5. The van der Waals surface area contributed by atoms with Crippen LogP contribution in [0.3, 0.4) is 0 Å². The molecule has 3 rings (SSSR count). The molecule has 3 heteroatoms. The number of aryl methyl sites for hydroxylation is 1. The Labute approximate surface area is 127 Å². The van der Waals surface area contributed by atoms with E-state index in [1.165, 1.54) is 49.7 Å². The summed E-state index contributed by atoms with van der Waals surface area (Å²) in [5.41, 5.74) is 2.66. The fourth-order valence-electron chi connectivity index (χ4n) is 3.69. The van der Waals surface area contributed by atoms with Crippen LogP contribution in [0.1, 0.15) is 62.1 Å². The molecule has 21 heavy (non-hydrogen) atoms. The Morgan fingerprint density at radius 1 is 1.10 bits per heavy atom. The highest BCUT2D eigenvalue weighted by atomic mass is 16.5. The second-order valence-corrected chi connectivity index (χ2v) is 6.41. The zero-order valence-corrected chi connectivity index (χ0v) is 12.8. The van der Waals surface area contributed by atoms with Crippen LogP contribution in [0.2, 0.25) is 0 Å². The van der Waals surface area contributed by atoms with Crippen LogP contribution in [0.15, 0.2) is 18.2 Å². The average molecular weight is 289 g/mol. The third-order valence-corrected chi connectivity index (χ3v) is 4.84. The number of hydrogen-bond donors (Lipinski definition) is 2. The van der Waals surface area contributed by atoms with Crippen molar-refractivity contribution < 1.29 is 9.84 Å². The van der Waals surface area contributed by atoms with Gasteiger partial charge in [-0.25, -0.2) is 0 Å². The molecule has 0 bridgehead atoms. The molecule has 1 fully saturated rings. The van der Waals surface area contributed by atoms with Gasteiger partial charge < -0.3 is 15.2 Å². The lowest BCUT2D eigenvalue weighted by Crippen LogP contribution is -2.29. The highest BCUT2D eigenvalue weighted by Gasteiger charge is 2.20. The van der Waals surface area contributed by atoms with Crippen LogP contribution < -0.4 is 5.32 Å². The molecule has 0 spiro atoms. The quantitative estimate of drug-likeness (QED) is 0.812. The van der Waals surface area contributed by atoms with E-state index in [0.717, 1.165) is 26.0 Å². The first kappa shape index (κ1) is 14.9. The van der Waals surface area contributed by atoms with Crippen molar-refractivity contribution in [2.45, 2.75) is 63.5 Å². The standard InChI is InChI=1S/C18H27NO2/c20-15-10-9-14-5-4-8-18(17(14)13-15)19-11-12-21-16-6-2-1-3-7-16/h9-10,13,16,18-20H,1-8,11-12H2. The molecular formula is C18H27NO2. The van der Waals surface area contributed by atoms with Gasteiger partial charge in [0.1, 0.15) is 5.75 Å². The highest BCUT2D eigenvalue weighted by molar-refractivity contribution is 5.38. The van der Waals surface area contributed by atoms with Gasteiger partial charge in [0.15, 0.2) is 0 Å². The van der Waals surface area contributed by atoms with Crippen molar-refractivity contribution in [1.29, 1.82) is 0 Å². The monoisotopic (exact) mass is 289 g/mol. The minimum Gasteiger partial charge on any atom is -0.508 e. The third kappa shape index (κ3) is 3.98. The zero-order chi connectivity index (χ0) is 14.5. The van der Waals surface area contributed by atoms with Crippen molar-refractivity contribution in [3.63, 3.8) is 0 Å². The normalized spacial score (nSPS) is 23.0. The van der Waals surface area contributed by atoms with Gasteiger partial charge in [-0.15, -0.1) is 0 Å². The van der Waals surface area contributed by atoms with E-state index in [1.54, 1.807) is 6.07 Å². The van der Waals surface area contributed by atoms with E-state index >= 15 is 0 Å². The number of hydrogen-bond acceptors (Lipinski definition) is 3. The minimum absolute atomic E-state index is 0.371. The molecule has 0 saturated heterocycles. The number of aromatic hydroxyl groups is 1. The predicted octanol–water partition coefficient (Wildman–Crippen LogP) is 3.71. The Balaban J connectivity index is 1.46. The van der Waals surface area contributed by atoms with Crippen molar-refractivity contribution in [2.75, 3.05) is 13.2 Å². The molecule has 116 valence electrons. The molecule has 1 unspecified atom stereocenters. The summed E-state index contributed by atoms with van der Waals surface area (Å²) in [7, 11) is 0. The maximum absolute atomic E-state index is 9.70. The SMILES string of the molecule is Oc1ccc2c(c1)C(NCCOC1CCCCC1)CCC2. The summed E-state index contributed by atoms with van der Waals surface area (Å²) in [5.74, 6) is 0.376. The molecule has 0 aliphatic heterocycles. The zero-order valence-electron chi connectivity index (χ0n) is 12.8. The average Bonchev–Trinajstić information content (AvgIpc) is 2.53. The summed E-state index contributed by atoms with van der Waals surface area (Å²) >= 11 is 0. The molecule has 1 aromatic rings. The molecule has 1 atom stereocenters. The number of fused-ring (bicyclic) bond motifs is 1. The first-order valence-electron chi connectivity index (χ1n) is 8.50.